The third-order valence-corrected chi connectivity index (χ3v) is 3.67. The summed E-state index contributed by atoms with van der Waals surface area (Å²) in [4.78, 5) is 23.2. The molecule has 5 heteroatoms. The first kappa shape index (κ1) is 14.1. The van der Waals surface area contributed by atoms with Crippen LogP contribution in [0.15, 0.2) is 24.3 Å². The summed E-state index contributed by atoms with van der Waals surface area (Å²) in [6, 6.07) is 9.08. The van der Waals surface area contributed by atoms with Gasteiger partial charge in [-0.15, -0.1) is 0 Å². The number of carboxylic acids is 1. The van der Waals surface area contributed by atoms with Crippen molar-refractivity contribution in [2.24, 2.45) is 11.8 Å². The number of benzene rings is 1. The monoisotopic (exact) mass is 272 g/mol. The van der Waals surface area contributed by atoms with Crippen molar-refractivity contribution < 1.29 is 14.7 Å². The van der Waals surface area contributed by atoms with Crippen LogP contribution in [0.1, 0.15) is 24.8 Å². The zero-order valence-corrected chi connectivity index (χ0v) is 11.0. The van der Waals surface area contributed by atoms with Gasteiger partial charge in [0, 0.05) is 5.69 Å². The van der Waals surface area contributed by atoms with Crippen molar-refractivity contribution in [3.05, 3.63) is 29.8 Å². The van der Waals surface area contributed by atoms with E-state index in [0.717, 1.165) is 12.0 Å². The van der Waals surface area contributed by atoms with Gasteiger partial charge in [-0.1, -0.05) is 18.6 Å². The molecule has 1 aliphatic rings. The minimum absolute atomic E-state index is 0.233. The number of carbonyl (C=O) groups excluding carboxylic acids is 1. The minimum atomic E-state index is -0.896. The Bertz CT molecular complexity index is 545. The Morgan fingerprint density at radius 2 is 1.90 bits per heavy atom. The van der Waals surface area contributed by atoms with Gasteiger partial charge in [0.1, 0.15) is 0 Å². The minimum Gasteiger partial charge on any atom is -0.481 e. The highest BCUT2D eigenvalue weighted by atomic mass is 16.4. The number of nitrogens with zero attached hydrogens (tertiary/aromatic N) is 1. The summed E-state index contributed by atoms with van der Waals surface area (Å²) in [5.74, 6) is -2.16. The van der Waals surface area contributed by atoms with Gasteiger partial charge in [0.15, 0.2) is 0 Å². The molecule has 1 saturated carbocycles. The van der Waals surface area contributed by atoms with Crippen molar-refractivity contribution in [3.63, 3.8) is 0 Å². The molecule has 0 bridgehead atoms. The lowest BCUT2D eigenvalue weighted by Crippen LogP contribution is -2.29. The summed E-state index contributed by atoms with van der Waals surface area (Å²) in [5.41, 5.74) is 1.52. The number of amides is 1. The van der Waals surface area contributed by atoms with Gasteiger partial charge in [-0.25, -0.2) is 0 Å². The molecule has 0 aliphatic heterocycles. The van der Waals surface area contributed by atoms with Gasteiger partial charge in [-0.2, -0.15) is 5.26 Å². The van der Waals surface area contributed by atoms with Crippen molar-refractivity contribution in [2.45, 2.75) is 25.7 Å². The van der Waals surface area contributed by atoms with Crippen molar-refractivity contribution in [1.82, 2.24) is 0 Å². The number of rotatable bonds is 4. The first-order valence-corrected chi connectivity index (χ1v) is 6.61. The number of carboxylic acid groups (broad SMARTS) is 1. The lowest BCUT2D eigenvalue weighted by molar-refractivity contribution is -0.145. The summed E-state index contributed by atoms with van der Waals surface area (Å²) in [6.07, 6.45) is 2.29. The number of hydrogen-bond donors (Lipinski definition) is 2. The molecule has 0 aromatic heterocycles. The highest BCUT2D eigenvalue weighted by Crippen LogP contribution is 2.32. The van der Waals surface area contributed by atoms with Gasteiger partial charge in [-0.3, -0.25) is 9.59 Å². The fourth-order valence-corrected chi connectivity index (χ4v) is 2.60. The summed E-state index contributed by atoms with van der Waals surface area (Å²) in [5, 5.41) is 20.4. The number of anilines is 1. The molecule has 1 aromatic rings. The van der Waals surface area contributed by atoms with E-state index in [1.165, 1.54) is 0 Å². The van der Waals surface area contributed by atoms with Gasteiger partial charge < -0.3 is 10.4 Å². The maximum absolute atomic E-state index is 12.1. The van der Waals surface area contributed by atoms with Crippen LogP contribution in [-0.2, 0) is 16.0 Å². The topological polar surface area (TPSA) is 90.2 Å². The average Bonchev–Trinajstić information content (AvgIpc) is 2.91. The lowest BCUT2D eigenvalue weighted by Gasteiger charge is -2.15. The first-order chi connectivity index (χ1) is 9.61. The number of hydrogen-bond acceptors (Lipinski definition) is 3. The van der Waals surface area contributed by atoms with E-state index < -0.39 is 17.8 Å². The standard InChI is InChI=1S/C15H16N2O3/c16-9-8-10-4-6-11(7-5-10)17-14(18)12-2-1-3-13(12)15(19)20/h4-7,12-13H,1-3,8H2,(H,17,18)(H,19,20). The SMILES string of the molecule is N#CCc1ccc(NC(=O)C2CCCC2C(=O)O)cc1. The molecule has 2 unspecified atom stereocenters. The predicted octanol–water partition coefficient (Wildman–Crippen LogP) is 2.19. The van der Waals surface area contributed by atoms with Crippen molar-refractivity contribution >= 4 is 17.6 Å². The molecule has 1 aromatic carbocycles. The summed E-state index contributed by atoms with van der Waals surface area (Å²) in [6.45, 7) is 0. The van der Waals surface area contributed by atoms with Gasteiger partial charge in [0.2, 0.25) is 5.91 Å². The van der Waals surface area contributed by atoms with Crippen LogP contribution in [0.5, 0.6) is 0 Å². The molecule has 2 N–H and O–H groups in total. The second-order valence-corrected chi connectivity index (χ2v) is 5.00. The van der Waals surface area contributed by atoms with E-state index >= 15 is 0 Å². The molecule has 2 atom stereocenters. The molecule has 20 heavy (non-hydrogen) atoms. The number of nitrogens with one attached hydrogen (secondary N) is 1. The smallest absolute Gasteiger partial charge is 0.307 e. The van der Waals surface area contributed by atoms with Crippen LogP contribution >= 0.6 is 0 Å². The molecule has 5 nitrogen and oxygen atoms in total. The highest BCUT2D eigenvalue weighted by Gasteiger charge is 2.37. The molecule has 0 heterocycles. The van der Waals surface area contributed by atoms with E-state index in [9.17, 15) is 9.59 Å². The van der Waals surface area contributed by atoms with Crippen molar-refractivity contribution in [2.75, 3.05) is 5.32 Å². The van der Waals surface area contributed by atoms with Crippen LogP contribution in [0, 0.1) is 23.2 Å². The zero-order valence-electron chi connectivity index (χ0n) is 11.0. The van der Waals surface area contributed by atoms with Gasteiger partial charge in [-0.05, 0) is 30.5 Å². The summed E-state index contributed by atoms with van der Waals surface area (Å²) >= 11 is 0. The largest absolute Gasteiger partial charge is 0.481 e. The van der Waals surface area contributed by atoms with Gasteiger partial charge in [0.25, 0.3) is 0 Å². The normalized spacial score (nSPS) is 21.1. The third kappa shape index (κ3) is 3.15. The van der Waals surface area contributed by atoms with Crippen LogP contribution in [0.2, 0.25) is 0 Å². The van der Waals surface area contributed by atoms with E-state index in [0.29, 0.717) is 24.9 Å². The second-order valence-electron chi connectivity index (χ2n) is 5.00. The average molecular weight is 272 g/mol. The Kier molecular flexibility index (Phi) is 4.36. The second kappa shape index (κ2) is 6.20. The molecule has 0 saturated heterocycles. The van der Waals surface area contributed by atoms with Crippen LogP contribution < -0.4 is 5.32 Å². The Morgan fingerprint density at radius 3 is 2.50 bits per heavy atom. The van der Waals surface area contributed by atoms with Crippen LogP contribution in [0.25, 0.3) is 0 Å². The van der Waals surface area contributed by atoms with E-state index in [-0.39, 0.29) is 5.91 Å². The predicted molar refractivity (Wildman–Crippen MR) is 72.9 cm³/mol. The molecule has 104 valence electrons. The maximum atomic E-state index is 12.1. The third-order valence-electron chi connectivity index (χ3n) is 3.67. The zero-order chi connectivity index (χ0) is 14.5. The van der Waals surface area contributed by atoms with Crippen LogP contribution in [0.4, 0.5) is 5.69 Å². The van der Waals surface area contributed by atoms with Crippen LogP contribution in [-0.4, -0.2) is 17.0 Å². The van der Waals surface area contributed by atoms with E-state index in [2.05, 4.69) is 11.4 Å². The fourth-order valence-electron chi connectivity index (χ4n) is 2.60. The highest BCUT2D eigenvalue weighted by molar-refractivity contribution is 5.95. The first-order valence-electron chi connectivity index (χ1n) is 6.61. The van der Waals surface area contributed by atoms with Crippen molar-refractivity contribution in [3.8, 4) is 6.07 Å². The Labute approximate surface area is 117 Å². The number of carbonyl (C=O) groups is 2. The van der Waals surface area contributed by atoms with E-state index in [1.807, 2.05) is 0 Å². The van der Waals surface area contributed by atoms with Gasteiger partial charge in [0.05, 0.1) is 24.3 Å². The van der Waals surface area contributed by atoms with Crippen molar-refractivity contribution in [1.29, 1.82) is 5.26 Å². The molecular formula is C15H16N2O3. The molecule has 2 rings (SSSR count). The molecular weight excluding hydrogens is 256 g/mol. The van der Waals surface area contributed by atoms with E-state index in [4.69, 9.17) is 10.4 Å². The summed E-state index contributed by atoms with van der Waals surface area (Å²) in [7, 11) is 0. The van der Waals surface area contributed by atoms with E-state index in [1.54, 1.807) is 24.3 Å². The molecule has 1 fully saturated rings. The number of aliphatic carboxylic acids is 1. The Balaban J connectivity index is 2.00. The van der Waals surface area contributed by atoms with Gasteiger partial charge >= 0.3 is 5.97 Å². The van der Waals surface area contributed by atoms with Crippen LogP contribution in [0.3, 0.4) is 0 Å². The quantitative estimate of drug-likeness (QED) is 0.879. The Hall–Kier alpha value is -2.35. The molecule has 1 amide bonds. The maximum Gasteiger partial charge on any atom is 0.307 e. The summed E-state index contributed by atoms with van der Waals surface area (Å²) < 4.78 is 0. The fraction of sp³-hybridized carbons (Fsp3) is 0.400. The lowest BCUT2D eigenvalue weighted by atomic mass is 9.95. The molecule has 0 spiro atoms. The number of nitriles is 1. The molecule has 1 aliphatic carbocycles. The molecule has 0 radical (unpaired) electrons. The Morgan fingerprint density at radius 1 is 1.25 bits per heavy atom.